The number of fused-ring (bicyclic) bond motifs is 1. The van der Waals surface area contributed by atoms with Crippen molar-refractivity contribution in [1.82, 2.24) is 10.3 Å². The highest BCUT2D eigenvalue weighted by Crippen LogP contribution is 2.31. The van der Waals surface area contributed by atoms with Crippen molar-refractivity contribution in [2.45, 2.75) is 23.4 Å². The number of aromatic nitrogens is 1. The van der Waals surface area contributed by atoms with Crippen molar-refractivity contribution in [2.75, 3.05) is 6.54 Å². The van der Waals surface area contributed by atoms with Crippen LogP contribution >= 0.6 is 11.8 Å². The molecule has 0 saturated heterocycles. The molecule has 3 heteroatoms. The largest absolute Gasteiger partial charge is 0.349 e. The Morgan fingerprint density at radius 2 is 1.85 bits per heavy atom. The van der Waals surface area contributed by atoms with Gasteiger partial charge in [-0.3, -0.25) is 0 Å². The normalized spacial score (nSPS) is 11.1. The highest BCUT2D eigenvalue weighted by molar-refractivity contribution is 7.99. The van der Waals surface area contributed by atoms with Crippen LogP contribution in [0.4, 0.5) is 0 Å². The van der Waals surface area contributed by atoms with Gasteiger partial charge in [0.05, 0.1) is 5.03 Å². The maximum Gasteiger partial charge on any atom is 0.0780 e. The molecule has 0 aliphatic carbocycles. The third-order valence-electron chi connectivity index (χ3n) is 3.26. The summed E-state index contributed by atoms with van der Waals surface area (Å²) in [6.07, 6.45) is 0. The molecule has 0 bridgehead atoms. The van der Waals surface area contributed by atoms with Crippen LogP contribution in [0.15, 0.2) is 64.5 Å². The number of hydrogen-bond acceptors (Lipinski definition) is 2. The minimum absolute atomic E-state index is 0.917. The van der Waals surface area contributed by atoms with Gasteiger partial charge in [-0.1, -0.05) is 55.1 Å². The average Bonchev–Trinajstić information content (AvgIpc) is 2.88. The number of H-pyrrole nitrogens is 1. The predicted octanol–water partition coefficient (Wildman–Crippen LogP) is 4.43. The van der Waals surface area contributed by atoms with Crippen LogP contribution in [-0.2, 0) is 6.54 Å². The second kappa shape index (κ2) is 6.16. The Balaban J connectivity index is 1.86. The molecule has 3 rings (SSSR count). The van der Waals surface area contributed by atoms with Gasteiger partial charge in [0.2, 0.25) is 0 Å². The SMILES string of the molecule is CCNCc1ccccc1Sc1cc2ccccc2[nH]1. The van der Waals surface area contributed by atoms with E-state index >= 15 is 0 Å². The van der Waals surface area contributed by atoms with E-state index in [-0.39, 0.29) is 0 Å². The second-order valence-electron chi connectivity index (χ2n) is 4.71. The van der Waals surface area contributed by atoms with Gasteiger partial charge in [-0.05, 0) is 30.3 Å². The molecule has 0 aliphatic heterocycles. The molecule has 2 N–H and O–H groups in total. The minimum Gasteiger partial charge on any atom is -0.349 e. The molecule has 3 aromatic rings. The molecule has 2 nitrogen and oxygen atoms in total. The lowest BCUT2D eigenvalue weighted by Gasteiger charge is -2.08. The van der Waals surface area contributed by atoms with Gasteiger partial charge in [0.15, 0.2) is 0 Å². The molecule has 2 aromatic carbocycles. The third kappa shape index (κ3) is 2.89. The van der Waals surface area contributed by atoms with Gasteiger partial charge in [0.25, 0.3) is 0 Å². The topological polar surface area (TPSA) is 27.8 Å². The molecular weight excluding hydrogens is 264 g/mol. The van der Waals surface area contributed by atoms with E-state index < -0.39 is 0 Å². The first-order valence-corrected chi connectivity index (χ1v) is 7.72. The first-order valence-electron chi connectivity index (χ1n) is 6.91. The van der Waals surface area contributed by atoms with E-state index in [9.17, 15) is 0 Å². The molecule has 20 heavy (non-hydrogen) atoms. The smallest absolute Gasteiger partial charge is 0.0780 e. The standard InChI is InChI=1S/C17H18N2S/c1-2-18-12-14-8-4-6-10-16(14)20-17-11-13-7-3-5-9-15(13)19-17/h3-11,18-19H,2,12H2,1H3. The summed E-state index contributed by atoms with van der Waals surface area (Å²) < 4.78 is 0. The van der Waals surface area contributed by atoms with E-state index in [0.717, 1.165) is 13.1 Å². The van der Waals surface area contributed by atoms with Crippen molar-refractivity contribution in [2.24, 2.45) is 0 Å². The Hall–Kier alpha value is -1.71. The number of aromatic amines is 1. The molecule has 0 unspecified atom stereocenters. The van der Waals surface area contributed by atoms with Gasteiger partial charge in [0.1, 0.15) is 0 Å². The number of rotatable bonds is 5. The fourth-order valence-electron chi connectivity index (χ4n) is 2.23. The van der Waals surface area contributed by atoms with Gasteiger partial charge >= 0.3 is 0 Å². The molecular formula is C17H18N2S. The molecule has 0 amide bonds. The van der Waals surface area contributed by atoms with Crippen LogP contribution in [-0.4, -0.2) is 11.5 Å². The lowest BCUT2D eigenvalue weighted by atomic mass is 10.2. The predicted molar refractivity (Wildman–Crippen MR) is 86.2 cm³/mol. The summed E-state index contributed by atoms with van der Waals surface area (Å²) in [6.45, 7) is 4.04. The molecule has 0 atom stereocenters. The van der Waals surface area contributed by atoms with Crippen molar-refractivity contribution in [1.29, 1.82) is 0 Å². The van der Waals surface area contributed by atoms with E-state index in [1.807, 2.05) is 0 Å². The fourth-order valence-corrected chi connectivity index (χ4v) is 3.23. The zero-order chi connectivity index (χ0) is 13.8. The van der Waals surface area contributed by atoms with Gasteiger partial charge < -0.3 is 10.3 Å². The third-order valence-corrected chi connectivity index (χ3v) is 4.32. The molecule has 0 radical (unpaired) electrons. The summed E-state index contributed by atoms with van der Waals surface area (Å²) in [5.41, 5.74) is 2.54. The lowest BCUT2D eigenvalue weighted by Crippen LogP contribution is -2.12. The van der Waals surface area contributed by atoms with E-state index in [1.165, 1.54) is 26.4 Å². The van der Waals surface area contributed by atoms with Crippen LogP contribution < -0.4 is 5.32 Å². The summed E-state index contributed by atoms with van der Waals surface area (Å²) in [5, 5.41) is 5.85. The summed E-state index contributed by atoms with van der Waals surface area (Å²) in [4.78, 5) is 4.78. The maximum absolute atomic E-state index is 3.47. The van der Waals surface area contributed by atoms with Crippen molar-refractivity contribution < 1.29 is 0 Å². The van der Waals surface area contributed by atoms with E-state index in [1.54, 1.807) is 11.8 Å². The summed E-state index contributed by atoms with van der Waals surface area (Å²) in [7, 11) is 0. The molecule has 0 fully saturated rings. The van der Waals surface area contributed by atoms with Crippen LogP contribution in [0.2, 0.25) is 0 Å². The van der Waals surface area contributed by atoms with Crippen LogP contribution in [0.1, 0.15) is 12.5 Å². The monoisotopic (exact) mass is 282 g/mol. The number of nitrogens with one attached hydrogen (secondary N) is 2. The molecule has 0 aliphatic rings. The average molecular weight is 282 g/mol. The highest BCUT2D eigenvalue weighted by atomic mass is 32.2. The van der Waals surface area contributed by atoms with Crippen LogP contribution in [0, 0.1) is 0 Å². The Morgan fingerprint density at radius 3 is 2.70 bits per heavy atom. The highest BCUT2D eigenvalue weighted by Gasteiger charge is 2.06. The number of hydrogen-bond donors (Lipinski definition) is 2. The zero-order valence-corrected chi connectivity index (χ0v) is 12.3. The first-order chi connectivity index (χ1) is 9.86. The van der Waals surface area contributed by atoms with Crippen molar-refractivity contribution in [3.63, 3.8) is 0 Å². The van der Waals surface area contributed by atoms with Gasteiger partial charge in [-0.15, -0.1) is 0 Å². The minimum atomic E-state index is 0.917. The van der Waals surface area contributed by atoms with Crippen LogP contribution in [0.5, 0.6) is 0 Å². The van der Waals surface area contributed by atoms with Crippen LogP contribution in [0.25, 0.3) is 10.9 Å². The molecule has 1 heterocycles. The summed E-state index contributed by atoms with van der Waals surface area (Å²) >= 11 is 1.79. The Morgan fingerprint density at radius 1 is 1.05 bits per heavy atom. The van der Waals surface area contributed by atoms with Gasteiger partial charge in [0, 0.05) is 22.3 Å². The zero-order valence-electron chi connectivity index (χ0n) is 11.5. The number of para-hydroxylation sites is 1. The Bertz CT molecular complexity index is 670. The van der Waals surface area contributed by atoms with Gasteiger partial charge in [-0.25, -0.2) is 0 Å². The van der Waals surface area contributed by atoms with E-state index in [0.29, 0.717) is 0 Å². The summed E-state index contributed by atoms with van der Waals surface area (Å²) in [6, 6.07) is 19.2. The second-order valence-corrected chi connectivity index (χ2v) is 5.79. The summed E-state index contributed by atoms with van der Waals surface area (Å²) in [5.74, 6) is 0. The van der Waals surface area contributed by atoms with Crippen molar-refractivity contribution >= 4 is 22.7 Å². The number of benzene rings is 2. The fraction of sp³-hybridized carbons (Fsp3) is 0.176. The van der Waals surface area contributed by atoms with Crippen LogP contribution in [0.3, 0.4) is 0 Å². The molecule has 0 saturated carbocycles. The quantitative estimate of drug-likeness (QED) is 0.724. The van der Waals surface area contributed by atoms with E-state index in [2.05, 4.69) is 71.8 Å². The molecule has 102 valence electrons. The Kier molecular flexibility index (Phi) is 4.09. The van der Waals surface area contributed by atoms with Crippen molar-refractivity contribution in [3.8, 4) is 0 Å². The lowest BCUT2D eigenvalue weighted by molar-refractivity contribution is 0.718. The van der Waals surface area contributed by atoms with E-state index in [4.69, 9.17) is 0 Å². The maximum atomic E-state index is 3.47. The van der Waals surface area contributed by atoms with Crippen molar-refractivity contribution in [3.05, 3.63) is 60.2 Å². The first kappa shape index (κ1) is 13.3. The Labute approximate surface area is 123 Å². The molecule has 1 aromatic heterocycles. The molecule has 0 spiro atoms. The van der Waals surface area contributed by atoms with Gasteiger partial charge in [-0.2, -0.15) is 0 Å².